The van der Waals surface area contributed by atoms with Gasteiger partial charge < -0.3 is 14.7 Å². The lowest BCUT2D eigenvalue weighted by atomic mass is 9.93. The van der Waals surface area contributed by atoms with E-state index in [1.54, 1.807) is 18.9 Å². The molecule has 8 nitrogen and oxygen atoms in total. The number of fused-ring (bicyclic) bond motifs is 1. The zero-order chi connectivity index (χ0) is 32.7. The number of rotatable bonds is 6. The quantitative estimate of drug-likeness (QED) is 0.289. The number of tetrazole rings is 1. The van der Waals surface area contributed by atoms with Gasteiger partial charge in [0.05, 0.1) is 24.2 Å². The van der Waals surface area contributed by atoms with Crippen LogP contribution < -0.4 is 9.80 Å². The Morgan fingerprint density at radius 1 is 0.933 bits per heavy atom. The highest BCUT2D eigenvalue weighted by molar-refractivity contribution is 5.73. The molecule has 1 unspecified atom stereocenters. The molecule has 1 amide bonds. The second-order valence-electron chi connectivity index (χ2n) is 12.2. The second-order valence-corrected chi connectivity index (χ2v) is 12.2. The highest BCUT2D eigenvalue weighted by Gasteiger charge is 2.38. The number of nitrogens with zero attached hydrogens (tertiary/aromatic N) is 7. The van der Waals surface area contributed by atoms with E-state index in [1.165, 1.54) is 4.80 Å². The Balaban J connectivity index is 1.55. The van der Waals surface area contributed by atoms with E-state index >= 15 is 0 Å². The summed E-state index contributed by atoms with van der Waals surface area (Å²) in [6.45, 7) is 8.19. The fourth-order valence-corrected chi connectivity index (χ4v) is 6.69. The van der Waals surface area contributed by atoms with Crippen molar-refractivity contribution in [3.63, 3.8) is 0 Å². The van der Waals surface area contributed by atoms with Gasteiger partial charge in [0.1, 0.15) is 0 Å². The van der Waals surface area contributed by atoms with Gasteiger partial charge >= 0.3 is 12.4 Å². The second kappa shape index (κ2) is 12.5. The lowest BCUT2D eigenvalue weighted by Crippen LogP contribution is -2.41. The van der Waals surface area contributed by atoms with Crippen LogP contribution >= 0.6 is 0 Å². The monoisotopic (exact) mass is 637 g/mol. The molecule has 2 aliphatic heterocycles. The van der Waals surface area contributed by atoms with Gasteiger partial charge in [-0.15, -0.1) is 5.10 Å². The van der Waals surface area contributed by atoms with Crippen molar-refractivity contribution in [2.24, 2.45) is 13.0 Å². The van der Waals surface area contributed by atoms with E-state index in [-0.39, 0.29) is 30.0 Å². The summed E-state index contributed by atoms with van der Waals surface area (Å²) < 4.78 is 82.5. The molecule has 0 spiro atoms. The summed E-state index contributed by atoms with van der Waals surface area (Å²) >= 11 is 0. The van der Waals surface area contributed by atoms with Crippen molar-refractivity contribution in [1.29, 1.82) is 0 Å². The topological polar surface area (TPSA) is 70.4 Å². The number of anilines is 2. The summed E-state index contributed by atoms with van der Waals surface area (Å²) in [5.41, 5.74) is 1.05. The average Bonchev–Trinajstić information content (AvgIpc) is 3.30. The maximum atomic E-state index is 13.7. The number of hydrogen-bond donors (Lipinski definition) is 0. The number of halogens is 6. The third-order valence-corrected chi connectivity index (χ3v) is 8.72. The van der Waals surface area contributed by atoms with Crippen LogP contribution in [-0.4, -0.2) is 57.2 Å². The molecular weight excluding hydrogens is 600 g/mol. The summed E-state index contributed by atoms with van der Waals surface area (Å²) in [6.07, 6.45) is -6.87. The van der Waals surface area contributed by atoms with Crippen LogP contribution in [0.3, 0.4) is 0 Å². The van der Waals surface area contributed by atoms with Crippen LogP contribution in [0.1, 0.15) is 72.0 Å². The Bertz CT molecular complexity index is 1500. The van der Waals surface area contributed by atoms with E-state index in [4.69, 9.17) is 0 Å². The first-order valence-electron chi connectivity index (χ1n) is 15.0. The Morgan fingerprint density at radius 3 is 2.13 bits per heavy atom. The van der Waals surface area contributed by atoms with Crippen LogP contribution in [0.2, 0.25) is 0 Å². The number of alkyl halides is 6. The van der Waals surface area contributed by atoms with Gasteiger partial charge in [0.25, 0.3) is 5.95 Å². The summed E-state index contributed by atoms with van der Waals surface area (Å²) in [5.74, 6) is 0.557. The smallest absolute Gasteiger partial charge is 0.371 e. The first-order chi connectivity index (χ1) is 21.1. The molecular formula is C31H37F6N7O. The average molecular weight is 638 g/mol. The molecule has 3 heterocycles. The lowest BCUT2D eigenvalue weighted by Gasteiger charge is -2.37. The summed E-state index contributed by atoms with van der Waals surface area (Å²) in [7, 11) is 1.55. The summed E-state index contributed by atoms with van der Waals surface area (Å²) in [5, 5.41) is 12.4. The molecule has 5 rings (SSSR count). The molecule has 0 aliphatic carbocycles. The minimum absolute atomic E-state index is 0.0727. The number of benzene rings is 2. The highest BCUT2D eigenvalue weighted by Crippen LogP contribution is 2.43. The molecule has 1 saturated heterocycles. The predicted octanol–water partition coefficient (Wildman–Crippen LogP) is 6.47. The first-order valence-corrected chi connectivity index (χ1v) is 15.0. The molecule has 1 atom stereocenters. The van der Waals surface area contributed by atoms with Crippen molar-refractivity contribution >= 4 is 17.5 Å². The molecule has 244 valence electrons. The maximum absolute atomic E-state index is 13.7. The molecule has 0 bridgehead atoms. The first kappa shape index (κ1) is 32.6. The number of likely N-dealkylation sites (tertiary alicyclic amines) is 1. The van der Waals surface area contributed by atoms with Crippen LogP contribution in [-0.2, 0) is 30.7 Å². The standard InChI is InChI=1S/C31H37F6N7O/c1-19-12-20(2)28-26(13-19)27(6-5-9-43(28)17-22-7-10-42(11-8-22)21(3)45)44(29-38-40-41(4)39-29)18-23-14-24(30(32,33)34)16-25(15-23)31(35,36)37/h12-16,22,27H,5-11,17-18H2,1-4H3. The van der Waals surface area contributed by atoms with Crippen molar-refractivity contribution in [3.05, 3.63) is 63.7 Å². The minimum atomic E-state index is -4.96. The zero-order valence-corrected chi connectivity index (χ0v) is 25.7. The maximum Gasteiger partial charge on any atom is 0.416 e. The van der Waals surface area contributed by atoms with Gasteiger partial charge in [0.15, 0.2) is 0 Å². The van der Waals surface area contributed by atoms with Crippen molar-refractivity contribution in [2.75, 3.05) is 36.0 Å². The molecule has 0 saturated carbocycles. The molecule has 45 heavy (non-hydrogen) atoms. The third-order valence-electron chi connectivity index (χ3n) is 8.72. The van der Waals surface area contributed by atoms with Gasteiger partial charge in [-0.3, -0.25) is 4.79 Å². The minimum Gasteiger partial charge on any atom is -0.371 e. The van der Waals surface area contributed by atoms with E-state index < -0.39 is 29.5 Å². The SMILES string of the molecule is CC(=O)N1CCC(CN2CCCC(N(Cc3cc(C(F)(F)F)cc(C(F)(F)F)c3)c3nnn(C)n3)c3cc(C)cc(C)c32)CC1. The molecule has 2 aliphatic rings. The number of piperidine rings is 1. The summed E-state index contributed by atoms with van der Waals surface area (Å²) in [6, 6.07) is 5.34. The number of aryl methyl sites for hydroxylation is 3. The van der Waals surface area contributed by atoms with Gasteiger partial charge in [-0.05, 0) is 85.6 Å². The van der Waals surface area contributed by atoms with Crippen molar-refractivity contribution < 1.29 is 31.1 Å². The fourth-order valence-electron chi connectivity index (χ4n) is 6.69. The molecule has 2 aromatic carbocycles. The van der Waals surface area contributed by atoms with Gasteiger partial charge in [0.2, 0.25) is 5.91 Å². The molecule has 3 aromatic rings. The van der Waals surface area contributed by atoms with Crippen molar-refractivity contribution in [2.45, 2.75) is 71.4 Å². The molecule has 0 radical (unpaired) electrons. The van der Waals surface area contributed by atoms with Crippen LogP contribution in [0.5, 0.6) is 0 Å². The normalized spacial score (nSPS) is 18.1. The Labute approximate surface area is 258 Å². The molecule has 14 heteroatoms. The third kappa shape index (κ3) is 7.36. The van der Waals surface area contributed by atoms with E-state index in [2.05, 4.69) is 26.4 Å². The molecule has 1 fully saturated rings. The van der Waals surface area contributed by atoms with E-state index in [0.717, 1.165) is 66.9 Å². The van der Waals surface area contributed by atoms with E-state index in [1.807, 2.05) is 24.8 Å². The summed E-state index contributed by atoms with van der Waals surface area (Å²) in [4.78, 5) is 19.0. The fraction of sp³-hybridized carbons (Fsp3) is 0.548. The number of carbonyl (C=O) groups excluding carboxylic acids is 1. The van der Waals surface area contributed by atoms with E-state index in [0.29, 0.717) is 25.4 Å². The van der Waals surface area contributed by atoms with Crippen LogP contribution in [0.25, 0.3) is 0 Å². The predicted molar refractivity (Wildman–Crippen MR) is 157 cm³/mol. The number of aromatic nitrogens is 4. The number of hydrogen-bond acceptors (Lipinski definition) is 6. The largest absolute Gasteiger partial charge is 0.416 e. The van der Waals surface area contributed by atoms with Crippen molar-refractivity contribution in [3.8, 4) is 0 Å². The number of amides is 1. The molecule has 1 aromatic heterocycles. The lowest BCUT2D eigenvalue weighted by molar-refractivity contribution is -0.143. The van der Waals surface area contributed by atoms with Crippen LogP contribution in [0.4, 0.5) is 38.0 Å². The van der Waals surface area contributed by atoms with Gasteiger partial charge in [-0.2, -0.15) is 31.1 Å². The van der Waals surface area contributed by atoms with Crippen LogP contribution in [0, 0.1) is 19.8 Å². The zero-order valence-electron chi connectivity index (χ0n) is 25.7. The van der Waals surface area contributed by atoms with Crippen molar-refractivity contribution in [1.82, 2.24) is 25.1 Å². The van der Waals surface area contributed by atoms with Crippen LogP contribution in [0.15, 0.2) is 30.3 Å². The Hall–Kier alpha value is -3.84. The van der Waals surface area contributed by atoms with Gasteiger partial charge in [0, 0.05) is 45.3 Å². The Morgan fingerprint density at radius 2 is 1.58 bits per heavy atom. The van der Waals surface area contributed by atoms with E-state index in [9.17, 15) is 31.1 Å². The van der Waals surface area contributed by atoms with Gasteiger partial charge in [-0.1, -0.05) is 22.8 Å². The Kier molecular flexibility index (Phi) is 9.05. The van der Waals surface area contributed by atoms with Gasteiger partial charge in [-0.25, -0.2) is 0 Å². The molecule has 0 N–H and O–H groups in total. The highest BCUT2D eigenvalue weighted by atomic mass is 19.4. The number of carbonyl (C=O) groups is 1.